The fourth-order valence-corrected chi connectivity index (χ4v) is 1.20. The fraction of sp³-hybridized carbons (Fsp3) is 0.600. The van der Waals surface area contributed by atoms with Gasteiger partial charge in [-0.2, -0.15) is 0 Å². The number of nitrogens with zero attached hydrogens (tertiary/aromatic N) is 1. The molecule has 1 aromatic heterocycles. The van der Waals surface area contributed by atoms with Crippen molar-refractivity contribution < 1.29 is 9.52 Å². The molecule has 0 aliphatic rings. The van der Waals surface area contributed by atoms with Crippen LogP contribution in [0.3, 0.4) is 0 Å². The molecule has 1 aromatic rings. The summed E-state index contributed by atoms with van der Waals surface area (Å²) in [6.45, 7) is 3.81. The van der Waals surface area contributed by atoms with Crippen molar-refractivity contribution in [2.75, 3.05) is 26.7 Å². The lowest BCUT2D eigenvalue weighted by molar-refractivity contribution is 0.220. The van der Waals surface area contributed by atoms with Crippen LogP contribution in [0.2, 0.25) is 0 Å². The molecule has 0 aromatic carbocycles. The normalized spacial score (nSPS) is 11.1. The molecule has 0 fully saturated rings. The standard InChI is InChI=1S/C10H17NO2/c1-9-3-4-10(13-9)5-6-11(2)7-8-12/h3-4,12H,5-8H2,1-2H3. The first-order valence-corrected chi connectivity index (χ1v) is 4.57. The number of likely N-dealkylation sites (N-methyl/N-ethyl adjacent to an activating group) is 1. The summed E-state index contributed by atoms with van der Waals surface area (Å²) in [5.41, 5.74) is 0. The summed E-state index contributed by atoms with van der Waals surface area (Å²) in [5.74, 6) is 1.97. The molecule has 74 valence electrons. The van der Waals surface area contributed by atoms with Crippen LogP contribution in [0.25, 0.3) is 0 Å². The van der Waals surface area contributed by atoms with E-state index in [1.807, 2.05) is 26.1 Å². The van der Waals surface area contributed by atoms with Crippen molar-refractivity contribution in [3.8, 4) is 0 Å². The van der Waals surface area contributed by atoms with Gasteiger partial charge in [0.2, 0.25) is 0 Å². The van der Waals surface area contributed by atoms with E-state index in [1.165, 1.54) is 0 Å². The Hall–Kier alpha value is -0.800. The molecule has 0 unspecified atom stereocenters. The number of furan rings is 1. The van der Waals surface area contributed by atoms with Gasteiger partial charge in [0.1, 0.15) is 11.5 Å². The molecule has 13 heavy (non-hydrogen) atoms. The van der Waals surface area contributed by atoms with E-state index in [4.69, 9.17) is 9.52 Å². The molecular formula is C10H17NO2. The van der Waals surface area contributed by atoms with Crippen LogP contribution in [0, 0.1) is 6.92 Å². The Kier molecular flexibility index (Phi) is 3.99. The van der Waals surface area contributed by atoms with Gasteiger partial charge < -0.3 is 14.4 Å². The predicted octanol–water partition coefficient (Wildman–Crippen LogP) is 1.05. The molecule has 0 saturated carbocycles. The SMILES string of the molecule is Cc1ccc(CCN(C)CCO)o1. The highest BCUT2D eigenvalue weighted by molar-refractivity contribution is 5.05. The van der Waals surface area contributed by atoms with E-state index >= 15 is 0 Å². The number of rotatable bonds is 5. The molecule has 3 nitrogen and oxygen atoms in total. The number of aliphatic hydroxyl groups is 1. The maximum atomic E-state index is 8.67. The third kappa shape index (κ3) is 3.61. The summed E-state index contributed by atoms with van der Waals surface area (Å²) in [5, 5.41) is 8.67. The lowest BCUT2D eigenvalue weighted by Crippen LogP contribution is -2.24. The quantitative estimate of drug-likeness (QED) is 0.741. The topological polar surface area (TPSA) is 36.6 Å². The maximum Gasteiger partial charge on any atom is 0.105 e. The largest absolute Gasteiger partial charge is 0.466 e. The van der Waals surface area contributed by atoms with E-state index in [1.54, 1.807) is 0 Å². The van der Waals surface area contributed by atoms with Crippen molar-refractivity contribution in [2.24, 2.45) is 0 Å². The van der Waals surface area contributed by atoms with Crippen molar-refractivity contribution in [1.29, 1.82) is 0 Å². The van der Waals surface area contributed by atoms with Crippen LogP contribution in [0.15, 0.2) is 16.5 Å². The Morgan fingerprint density at radius 2 is 2.15 bits per heavy atom. The lowest BCUT2D eigenvalue weighted by atomic mass is 10.3. The Labute approximate surface area is 79.0 Å². The fourth-order valence-electron chi connectivity index (χ4n) is 1.20. The summed E-state index contributed by atoms with van der Waals surface area (Å²) >= 11 is 0. The highest BCUT2D eigenvalue weighted by atomic mass is 16.3. The van der Waals surface area contributed by atoms with Crippen LogP contribution in [-0.4, -0.2) is 36.8 Å². The van der Waals surface area contributed by atoms with Crippen molar-refractivity contribution in [3.63, 3.8) is 0 Å². The molecule has 3 heteroatoms. The molecule has 0 radical (unpaired) electrons. The Bertz CT molecular complexity index is 245. The molecule has 1 N–H and O–H groups in total. The van der Waals surface area contributed by atoms with E-state index in [9.17, 15) is 0 Å². The van der Waals surface area contributed by atoms with Crippen molar-refractivity contribution in [1.82, 2.24) is 4.90 Å². The van der Waals surface area contributed by atoms with Gasteiger partial charge in [-0.3, -0.25) is 0 Å². The van der Waals surface area contributed by atoms with Gasteiger partial charge in [-0.25, -0.2) is 0 Å². The Balaban J connectivity index is 2.26. The van der Waals surface area contributed by atoms with Gasteiger partial charge in [-0.15, -0.1) is 0 Å². The lowest BCUT2D eigenvalue weighted by Gasteiger charge is -2.13. The summed E-state index contributed by atoms with van der Waals surface area (Å²) < 4.78 is 5.42. The predicted molar refractivity (Wildman–Crippen MR) is 51.7 cm³/mol. The second-order valence-corrected chi connectivity index (χ2v) is 3.29. The van der Waals surface area contributed by atoms with Gasteiger partial charge in [0.15, 0.2) is 0 Å². The van der Waals surface area contributed by atoms with Gasteiger partial charge in [-0.05, 0) is 26.1 Å². The molecule has 0 saturated heterocycles. The van der Waals surface area contributed by atoms with E-state index in [-0.39, 0.29) is 6.61 Å². The van der Waals surface area contributed by atoms with E-state index in [0.29, 0.717) is 0 Å². The molecule has 0 amide bonds. The minimum Gasteiger partial charge on any atom is -0.466 e. The summed E-state index contributed by atoms with van der Waals surface area (Å²) in [6.07, 6.45) is 0.907. The molecular weight excluding hydrogens is 166 g/mol. The summed E-state index contributed by atoms with van der Waals surface area (Å²) in [7, 11) is 1.99. The minimum absolute atomic E-state index is 0.216. The molecule has 1 rings (SSSR count). The van der Waals surface area contributed by atoms with Crippen molar-refractivity contribution >= 4 is 0 Å². The second-order valence-electron chi connectivity index (χ2n) is 3.29. The van der Waals surface area contributed by atoms with Gasteiger partial charge >= 0.3 is 0 Å². The zero-order valence-electron chi connectivity index (χ0n) is 8.29. The molecule has 1 heterocycles. The molecule has 0 bridgehead atoms. The third-order valence-corrected chi connectivity index (χ3v) is 2.02. The van der Waals surface area contributed by atoms with Crippen LogP contribution in [-0.2, 0) is 6.42 Å². The number of aryl methyl sites for hydroxylation is 1. The second kappa shape index (κ2) is 5.04. The summed E-state index contributed by atoms with van der Waals surface area (Å²) in [4.78, 5) is 2.08. The first-order valence-electron chi connectivity index (χ1n) is 4.57. The van der Waals surface area contributed by atoms with E-state index < -0.39 is 0 Å². The number of hydrogen-bond acceptors (Lipinski definition) is 3. The van der Waals surface area contributed by atoms with E-state index in [0.717, 1.165) is 31.0 Å². The monoisotopic (exact) mass is 183 g/mol. The Morgan fingerprint density at radius 1 is 1.38 bits per heavy atom. The van der Waals surface area contributed by atoms with E-state index in [2.05, 4.69) is 4.90 Å². The minimum atomic E-state index is 0.216. The molecule has 0 aliphatic carbocycles. The van der Waals surface area contributed by atoms with Crippen LogP contribution < -0.4 is 0 Å². The van der Waals surface area contributed by atoms with Crippen LogP contribution in [0.4, 0.5) is 0 Å². The van der Waals surface area contributed by atoms with Gasteiger partial charge in [0.25, 0.3) is 0 Å². The third-order valence-electron chi connectivity index (χ3n) is 2.02. The zero-order valence-corrected chi connectivity index (χ0v) is 8.29. The number of hydrogen-bond donors (Lipinski definition) is 1. The van der Waals surface area contributed by atoms with Gasteiger partial charge in [0, 0.05) is 19.5 Å². The zero-order chi connectivity index (χ0) is 9.68. The average Bonchev–Trinajstić information content (AvgIpc) is 2.49. The van der Waals surface area contributed by atoms with Crippen molar-refractivity contribution in [3.05, 3.63) is 23.7 Å². The van der Waals surface area contributed by atoms with Crippen molar-refractivity contribution in [2.45, 2.75) is 13.3 Å². The van der Waals surface area contributed by atoms with Gasteiger partial charge in [0.05, 0.1) is 6.61 Å². The maximum absolute atomic E-state index is 8.67. The highest BCUT2D eigenvalue weighted by Crippen LogP contribution is 2.06. The number of aliphatic hydroxyl groups excluding tert-OH is 1. The summed E-state index contributed by atoms with van der Waals surface area (Å²) in [6, 6.07) is 3.98. The molecule has 0 aliphatic heterocycles. The first kappa shape index (κ1) is 10.3. The Morgan fingerprint density at radius 3 is 2.69 bits per heavy atom. The first-order chi connectivity index (χ1) is 6.22. The van der Waals surface area contributed by atoms with Crippen LogP contribution in [0.1, 0.15) is 11.5 Å². The van der Waals surface area contributed by atoms with Gasteiger partial charge in [-0.1, -0.05) is 0 Å². The van der Waals surface area contributed by atoms with Crippen LogP contribution >= 0.6 is 0 Å². The average molecular weight is 183 g/mol. The highest BCUT2D eigenvalue weighted by Gasteiger charge is 2.01. The molecule has 0 atom stereocenters. The smallest absolute Gasteiger partial charge is 0.105 e. The van der Waals surface area contributed by atoms with Crippen LogP contribution in [0.5, 0.6) is 0 Å². The molecule has 0 spiro atoms.